The normalized spacial score (nSPS) is 9.61. The Balaban J connectivity index is 0.00000162. The van der Waals surface area contributed by atoms with Crippen LogP contribution in [0.2, 0.25) is 0 Å². The molecule has 5 nitrogen and oxygen atoms in total. The second kappa shape index (κ2) is 6.07. The van der Waals surface area contributed by atoms with Crippen LogP contribution in [-0.2, 0) is 0 Å². The maximum absolute atomic E-state index is 11.3. The van der Waals surface area contributed by atoms with Crippen LogP contribution in [0.3, 0.4) is 0 Å². The first-order valence-electron chi connectivity index (χ1n) is 5.40. The molecule has 1 heterocycles. The summed E-state index contributed by atoms with van der Waals surface area (Å²) in [4.78, 5) is 15.5. The van der Waals surface area contributed by atoms with Crippen LogP contribution in [0.15, 0.2) is 30.5 Å². The van der Waals surface area contributed by atoms with Crippen molar-refractivity contribution in [1.29, 1.82) is 0 Å². The first-order valence-corrected chi connectivity index (χ1v) is 5.40. The fourth-order valence-electron chi connectivity index (χ4n) is 1.58. The minimum atomic E-state index is -0.261. The predicted octanol–water partition coefficient (Wildman–Crippen LogP) is 2.38. The molecule has 1 aromatic carbocycles. The number of hydrogen-bond donors (Lipinski definition) is 3. The monoisotopic (exact) mass is 266 g/mol. The van der Waals surface area contributed by atoms with E-state index in [2.05, 4.69) is 15.6 Å². The Bertz CT molecular complexity index is 559. The van der Waals surface area contributed by atoms with Crippen molar-refractivity contribution in [1.82, 2.24) is 10.3 Å². The Morgan fingerprint density at radius 1 is 1.44 bits per heavy atom. The van der Waals surface area contributed by atoms with Gasteiger partial charge in [-0.15, -0.1) is 12.4 Å². The van der Waals surface area contributed by atoms with Gasteiger partial charge in [0.15, 0.2) is 0 Å². The summed E-state index contributed by atoms with van der Waals surface area (Å²) in [6.45, 7) is 2.43. The summed E-state index contributed by atoms with van der Waals surface area (Å²) in [5.41, 5.74) is 6.50. The zero-order valence-electron chi connectivity index (χ0n) is 9.93. The maximum atomic E-state index is 11.3. The van der Waals surface area contributed by atoms with Crippen molar-refractivity contribution >= 4 is 40.7 Å². The molecule has 18 heavy (non-hydrogen) atoms. The molecule has 0 aliphatic carbocycles. The number of nitrogens with two attached hydrogens (primary N) is 1. The highest BCUT2D eigenvalue weighted by Gasteiger charge is 2.03. The molecule has 0 unspecified atom stereocenters. The van der Waals surface area contributed by atoms with E-state index in [-0.39, 0.29) is 18.4 Å². The smallest absolute Gasteiger partial charge is 0.320 e. The van der Waals surface area contributed by atoms with Crippen LogP contribution in [0.1, 0.15) is 6.92 Å². The quantitative estimate of drug-likeness (QED) is 0.730. The van der Waals surface area contributed by atoms with Gasteiger partial charge < -0.3 is 11.1 Å². The molecule has 0 bridgehead atoms. The molecule has 0 saturated carbocycles. The highest BCUT2D eigenvalue weighted by atomic mass is 35.5. The summed E-state index contributed by atoms with van der Waals surface area (Å²) in [5.74, 6) is 0.508. The van der Waals surface area contributed by atoms with E-state index >= 15 is 0 Å². The molecule has 0 fully saturated rings. The number of pyridine rings is 1. The third-order valence-electron chi connectivity index (χ3n) is 2.38. The van der Waals surface area contributed by atoms with Crippen LogP contribution >= 0.6 is 12.4 Å². The average molecular weight is 267 g/mol. The molecule has 2 rings (SSSR count). The van der Waals surface area contributed by atoms with Gasteiger partial charge in [-0.05, 0) is 24.4 Å². The second-order valence-corrected chi connectivity index (χ2v) is 3.62. The number of anilines is 2. The summed E-state index contributed by atoms with van der Waals surface area (Å²) in [6.07, 6.45) is 1.66. The van der Waals surface area contributed by atoms with E-state index in [1.165, 1.54) is 0 Å². The van der Waals surface area contributed by atoms with Crippen molar-refractivity contribution < 1.29 is 4.79 Å². The Labute approximate surface area is 111 Å². The topological polar surface area (TPSA) is 80.0 Å². The Hall–Kier alpha value is -2.01. The van der Waals surface area contributed by atoms with Gasteiger partial charge in [-0.2, -0.15) is 0 Å². The highest BCUT2D eigenvalue weighted by molar-refractivity contribution is 5.96. The van der Waals surface area contributed by atoms with Crippen molar-refractivity contribution in [3.63, 3.8) is 0 Å². The molecule has 6 heteroatoms. The number of nitrogen functional groups attached to an aromatic ring is 1. The number of aromatic nitrogens is 1. The van der Waals surface area contributed by atoms with Gasteiger partial charge in [0.05, 0.1) is 0 Å². The number of fused-ring (bicyclic) bond motifs is 1. The number of carbonyl (C=O) groups excluding carboxylic acids is 1. The van der Waals surface area contributed by atoms with Gasteiger partial charge in [-0.3, -0.25) is 5.32 Å². The number of nitrogens with one attached hydrogen (secondary N) is 2. The van der Waals surface area contributed by atoms with E-state index in [1.807, 2.05) is 25.1 Å². The fraction of sp³-hybridized carbons (Fsp3) is 0.167. The number of halogens is 1. The van der Waals surface area contributed by atoms with Gasteiger partial charge in [0.1, 0.15) is 5.82 Å². The first kappa shape index (κ1) is 14.1. The van der Waals surface area contributed by atoms with Gasteiger partial charge in [0.2, 0.25) is 0 Å². The van der Waals surface area contributed by atoms with Gasteiger partial charge in [0.25, 0.3) is 0 Å². The standard InChI is InChI=1S/C12H14N4O.ClH/c1-2-14-12(17)16-11-6-8-4-3-5-10(13)9(8)7-15-11;/h3-7H,2,13H2,1H3,(H2,14,15,16,17);1H. The van der Waals surface area contributed by atoms with Crippen molar-refractivity contribution in [2.24, 2.45) is 0 Å². The average Bonchev–Trinajstić information content (AvgIpc) is 2.29. The van der Waals surface area contributed by atoms with Crippen molar-refractivity contribution in [2.75, 3.05) is 17.6 Å². The highest BCUT2D eigenvalue weighted by Crippen LogP contribution is 2.21. The predicted molar refractivity (Wildman–Crippen MR) is 76.1 cm³/mol. The van der Waals surface area contributed by atoms with E-state index < -0.39 is 0 Å². The van der Waals surface area contributed by atoms with Crippen LogP contribution in [0.5, 0.6) is 0 Å². The Morgan fingerprint density at radius 3 is 2.94 bits per heavy atom. The lowest BCUT2D eigenvalue weighted by atomic mass is 10.1. The van der Waals surface area contributed by atoms with Crippen molar-refractivity contribution in [3.8, 4) is 0 Å². The first-order chi connectivity index (χ1) is 8.20. The van der Waals surface area contributed by atoms with Crippen LogP contribution < -0.4 is 16.4 Å². The van der Waals surface area contributed by atoms with Crippen LogP contribution in [-0.4, -0.2) is 17.6 Å². The molecule has 4 N–H and O–H groups in total. The molecule has 0 aliphatic heterocycles. The van der Waals surface area contributed by atoms with Gasteiger partial charge in [-0.25, -0.2) is 9.78 Å². The molecule has 0 radical (unpaired) electrons. The molecular weight excluding hydrogens is 252 g/mol. The zero-order chi connectivity index (χ0) is 12.3. The number of amides is 2. The molecule has 0 spiro atoms. The molecule has 2 amide bonds. The summed E-state index contributed by atoms with van der Waals surface area (Å²) < 4.78 is 0. The molecule has 0 atom stereocenters. The molecular formula is C12H15ClN4O. The largest absolute Gasteiger partial charge is 0.398 e. The lowest BCUT2D eigenvalue weighted by molar-refractivity contribution is 0.252. The lowest BCUT2D eigenvalue weighted by Crippen LogP contribution is -2.28. The summed E-state index contributed by atoms with van der Waals surface area (Å²) >= 11 is 0. The minimum absolute atomic E-state index is 0. The van der Waals surface area contributed by atoms with Crippen molar-refractivity contribution in [2.45, 2.75) is 6.92 Å². The number of rotatable bonds is 2. The van der Waals surface area contributed by atoms with Gasteiger partial charge in [-0.1, -0.05) is 12.1 Å². The fourth-order valence-corrected chi connectivity index (χ4v) is 1.58. The number of nitrogens with zero attached hydrogens (tertiary/aromatic N) is 1. The van der Waals surface area contributed by atoms with E-state index in [9.17, 15) is 4.79 Å². The molecule has 2 aromatic rings. The van der Waals surface area contributed by atoms with Gasteiger partial charge >= 0.3 is 6.03 Å². The van der Waals surface area contributed by atoms with E-state index in [1.54, 1.807) is 12.3 Å². The number of urea groups is 1. The number of carbonyl (C=O) groups is 1. The minimum Gasteiger partial charge on any atom is -0.398 e. The lowest BCUT2D eigenvalue weighted by Gasteiger charge is -2.06. The summed E-state index contributed by atoms with van der Waals surface area (Å²) in [6, 6.07) is 7.15. The van der Waals surface area contributed by atoms with Crippen molar-refractivity contribution in [3.05, 3.63) is 30.5 Å². The number of hydrogen-bond acceptors (Lipinski definition) is 3. The SMILES string of the molecule is CCNC(=O)Nc1cc2cccc(N)c2cn1.Cl. The van der Waals surface area contributed by atoms with Gasteiger partial charge in [0, 0.05) is 23.8 Å². The zero-order valence-corrected chi connectivity index (χ0v) is 10.8. The summed E-state index contributed by atoms with van der Waals surface area (Å²) in [7, 11) is 0. The number of benzene rings is 1. The second-order valence-electron chi connectivity index (χ2n) is 3.62. The maximum Gasteiger partial charge on any atom is 0.320 e. The molecule has 1 aromatic heterocycles. The van der Waals surface area contributed by atoms with E-state index in [4.69, 9.17) is 5.73 Å². The molecule has 0 saturated heterocycles. The van der Waals surface area contributed by atoms with Crippen LogP contribution in [0, 0.1) is 0 Å². The van der Waals surface area contributed by atoms with E-state index in [0.29, 0.717) is 18.1 Å². The Kier molecular flexibility index (Phi) is 4.74. The molecule has 0 aliphatic rings. The molecule has 96 valence electrons. The Morgan fingerprint density at radius 2 is 2.22 bits per heavy atom. The van der Waals surface area contributed by atoms with Crippen LogP contribution in [0.4, 0.5) is 16.3 Å². The van der Waals surface area contributed by atoms with Crippen LogP contribution in [0.25, 0.3) is 10.8 Å². The van der Waals surface area contributed by atoms with E-state index in [0.717, 1.165) is 10.8 Å². The third kappa shape index (κ3) is 3.01. The third-order valence-corrected chi connectivity index (χ3v) is 2.38. The summed E-state index contributed by atoms with van der Waals surface area (Å²) in [5, 5.41) is 7.13.